The molecule has 1 amide bonds. The van der Waals surface area contributed by atoms with Crippen molar-refractivity contribution in [3.8, 4) is 5.75 Å². The van der Waals surface area contributed by atoms with E-state index < -0.39 is 5.63 Å². The largest absolute Gasteiger partial charge is 0.484 e. The van der Waals surface area contributed by atoms with Gasteiger partial charge in [-0.05, 0) is 55.3 Å². The van der Waals surface area contributed by atoms with Crippen LogP contribution in [-0.4, -0.2) is 12.5 Å². The van der Waals surface area contributed by atoms with Crippen LogP contribution in [-0.2, 0) is 4.79 Å². The van der Waals surface area contributed by atoms with E-state index >= 15 is 0 Å². The summed E-state index contributed by atoms with van der Waals surface area (Å²) in [4.78, 5) is 23.5. The quantitative estimate of drug-likeness (QED) is 0.665. The first kappa shape index (κ1) is 17.2. The number of aryl methyl sites for hydroxylation is 2. The van der Waals surface area contributed by atoms with Crippen LogP contribution in [0.3, 0.4) is 0 Å². The standard InChI is InChI=1S/C19H16BrNO4/c1-11-8-19(23)25-17-9-14(4-5-15(11)17)24-10-18(22)21-13-3-6-16(20)12(2)7-13/h3-9H,10H2,1-2H3,(H,21,22). The molecular weight excluding hydrogens is 386 g/mol. The number of hydrogen-bond donors (Lipinski definition) is 1. The maximum atomic E-state index is 12.0. The maximum Gasteiger partial charge on any atom is 0.336 e. The Kier molecular flexibility index (Phi) is 4.90. The first-order valence-corrected chi connectivity index (χ1v) is 8.45. The predicted octanol–water partition coefficient (Wildman–Crippen LogP) is 4.19. The van der Waals surface area contributed by atoms with Crippen molar-refractivity contribution in [1.82, 2.24) is 0 Å². The topological polar surface area (TPSA) is 68.5 Å². The van der Waals surface area contributed by atoms with Crippen LogP contribution in [0.25, 0.3) is 11.0 Å². The molecule has 0 aliphatic heterocycles. The molecule has 3 rings (SSSR count). The van der Waals surface area contributed by atoms with Gasteiger partial charge in [0.05, 0.1) is 0 Å². The summed E-state index contributed by atoms with van der Waals surface area (Å²) in [5.74, 6) is 0.191. The summed E-state index contributed by atoms with van der Waals surface area (Å²) in [6.07, 6.45) is 0. The van der Waals surface area contributed by atoms with Gasteiger partial charge < -0.3 is 14.5 Å². The SMILES string of the molecule is Cc1cc(NC(=O)COc2ccc3c(C)cc(=O)oc3c2)ccc1Br. The van der Waals surface area contributed by atoms with Crippen LogP contribution < -0.4 is 15.7 Å². The van der Waals surface area contributed by atoms with Gasteiger partial charge in [0.25, 0.3) is 5.91 Å². The summed E-state index contributed by atoms with van der Waals surface area (Å²) in [6.45, 7) is 3.64. The number of hydrogen-bond acceptors (Lipinski definition) is 4. The molecule has 128 valence electrons. The number of fused-ring (bicyclic) bond motifs is 1. The van der Waals surface area contributed by atoms with E-state index in [1.54, 1.807) is 18.2 Å². The number of anilines is 1. The molecular formula is C19H16BrNO4. The highest BCUT2D eigenvalue weighted by Crippen LogP contribution is 2.22. The first-order chi connectivity index (χ1) is 11.9. The molecule has 2 aromatic carbocycles. The van der Waals surface area contributed by atoms with Crippen molar-refractivity contribution in [2.24, 2.45) is 0 Å². The van der Waals surface area contributed by atoms with Crippen LogP contribution >= 0.6 is 15.9 Å². The van der Waals surface area contributed by atoms with Gasteiger partial charge in [-0.3, -0.25) is 4.79 Å². The number of halogens is 1. The molecule has 0 radical (unpaired) electrons. The smallest absolute Gasteiger partial charge is 0.336 e. The maximum absolute atomic E-state index is 12.0. The third kappa shape index (κ3) is 4.09. The van der Waals surface area contributed by atoms with E-state index in [1.165, 1.54) is 6.07 Å². The minimum atomic E-state index is -0.412. The second kappa shape index (κ2) is 7.11. The number of rotatable bonds is 4. The number of carbonyl (C=O) groups is 1. The Hall–Kier alpha value is -2.60. The molecule has 0 fully saturated rings. The fraction of sp³-hybridized carbons (Fsp3) is 0.158. The number of nitrogens with one attached hydrogen (secondary N) is 1. The molecule has 0 aliphatic rings. The fourth-order valence-electron chi connectivity index (χ4n) is 2.46. The van der Waals surface area contributed by atoms with E-state index in [9.17, 15) is 9.59 Å². The molecule has 0 spiro atoms. The molecule has 0 saturated carbocycles. The minimum Gasteiger partial charge on any atom is -0.484 e. The Balaban J connectivity index is 1.68. The first-order valence-electron chi connectivity index (χ1n) is 7.66. The van der Waals surface area contributed by atoms with E-state index in [0.29, 0.717) is 17.0 Å². The Morgan fingerprint density at radius 1 is 1.12 bits per heavy atom. The van der Waals surface area contributed by atoms with Crippen LogP contribution in [0.2, 0.25) is 0 Å². The molecule has 0 bridgehead atoms. The molecule has 5 nitrogen and oxygen atoms in total. The Bertz CT molecular complexity index is 1010. The van der Waals surface area contributed by atoms with Crippen molar-refractivity contribution in [3.63, 3.8) is 0 Å². The Morgan fingerprint density at radius 3 is 2.68 bits per heavy atom. The normalized spacial score (nSPS) is 10.7. The average molecular weight is 402 g/mol. The van der Waals surface area contributed by atoms with Crippen LogP contribution in [0.4, 0.5) is 5.69 Å². The average Bonchev–Trinajstić information content (AvgIpc) is 2.56. The van der Waals surface area contributed by atoms with E-state index in [1.807, 2.05) is 32.0 Å². The lowest BCUT2D eigenvalue weighted by Gasteiger charge is -2.09. The summed E-state index contributed by atoms with van der Waals surface area (Å²) < 4.78 is 11.6. The van der Waals surface area contributed by atoms with Gasteiger partial charge >= 0.3 is 5.63 Å². The molecule has 1 N–H and O–H groups in total. The second-order valence-electron chi connectivity index (χ2n) is 5.71. The lowest BCUT2D eigenvalue weighted by atomic mass is 10.1. The highest BCUT2D eigenvalue weighted by atomic mass is 79.9. The van der Waals surface area contributed by atoms with Gasteiger partial charge in [0, 0.05) is 27.7 Å². The highest BCUT2D eigenvalue weighted by molar-refractivity contribution is 9.10. The summed E-state index contributed by atoms with van der Waals surface area (Å²) >= 11 is 3.42. The van der Waals surface area contributed by atoms with E-state index in [4.69, 9.17) is 9.15 Å². The summed E-state index contributed by atoms with van der Waals surface area (Å²) in [5, 5.41) is 3.61. The van der Waals surface area contributed by atoms with Gasteiger partial charge in [-0.15, -0.1) is 0 Å². The highest BCUT2D eigenvalue weighted by Gasteiger charge is 2.07. The number of carbonyl (C=O) groups excluding carboxylic acids is 1. The molecule has 6 heteroatoms. The fourth-order valence-corrected chi connectivity index (χ4v) is 2.71. The molecule has 1 aromatic heterocycles. The molecule has 25 heavy (non-hydrogen) atoms. The molecule has 1 heterocycles. The molecule has 0 atom stereocenters. The predicted molar refractivity (Wildman–Crippen MR) is 100 cm³/mol. The van der Waals surface area contributed by atoms with Crippen molar-refractivity contribution in [1.29, 1.82) is 0 Å². The van der Waals surface area contributed by atoms with Crippen LogP contribution in [0, 0.1) is 13.8 Å². The Morgan fingerprint density at radius 2 is 1.92 bits per heavy atom. The molecule has 0 aliphatic carbocycles. The van der Waals surface area contributed by atoms with Crippen molar-refractivity contribution >= 4 is 38.5 Å². The number of benzene rings is 2. The van der Waals surface area contributed by atoms with Gasteiger partial charge in [-0.2, -0.15) is 0 Å². The summed E-state index contributed by atoms with van der Waals surface area (Å²) in [6, 6.07) is 12.2. The van der Waals surface area contributed by atoms with E-state index in [-0.39, 0.29) is 12.5 Å². The van der Waals surface area contributed by atoms with Crippen LogP contribution in [0.5, 0.6) is 5.75 Å². The van der Waals surface area contributed by atoms with Gasteiger partial charge in [0.2, 0.25) is 0 Å². The minimum absolute atomic E-state index is 0.142. The van der Waals surface area contributed by atoms with Gasteiger partial charge in [-0.25, -0.2) is 4.79 Å². The van der Waals surface area contributed by atoms with Crippen LogP contribution in [0.1, 0.15) is 11.1 Å². The third-order valence-corrected chi connectivity index (χ3v) is 4.62. The summed E-state index contributed by atoms with van der Waals surface area (Å²) in [7, 11) is 0. The third-order valence-electron chi connectivity index (χ3n) is 3.73. The van der Waals surface area contributed by atoms with E-state index in [0.717, 1.165) is 21.0 Å². The van der Waals surface area contributed by atoms with Crippen molar-refractivity contribution < 1.29 is 13.9 Å². The monoisotopic (exact) mass is 401 g/mol. The van der Waals surface area contributed by atoms with Crippen molar-refractivity contribution in [2.45, 2.75) is 13.8 Å². The van der Waals surface area contributed by atoms with Crippen molar-refractivity contribution in [2.75, 3.05) is 11.9 Å². The summed E-state index contributed by atoms with van der Waals surface area (Å²) in [5.41, 5.74) is 2.59. The number of amides is 1. The molecule has 0 saturated heterocycles. The van der Waals surface area contributed by atoms with Gasteiger partial charge in [-0.1, -0.05) is 15.9 Å². The zero-order chi connectivity index (χ0) is 18.0. The lowest BCUT2D eigenvalue weighted by molar-refractivity contribution is -0.118. The lowest BCUT2D eigenvalue weighted by Crippen LogP contribution is -2.20. The van der Waals surface area contributed by atoms with Gasteiger partial charge in [0.1, 0.15) is 11.3 Å². The van der Waals surface area contributed by atoms with Crippen molar-refractivity contribution in [3.05, 3.63) is 68.5 Å². The molecule has 0 unspecified atom stereocenters. The second-order valence-corrected chi connectivity index (χ2v) is 6.56. The Labute approximate surface area is 152 Å². The van der Waals surface area contributed by atoms with Gasteiger partial charge in [0.15, 0.2) is 6.61 Å². The zero-order valence-electron chi connectivity index (χ0n) is 13.8. The van der Waals surface area contributed by atoms with Crippen LogP contribution in [0.15, 0.2) is 56.1 Å². The van der Waals surface area contributed by atoms with E-state index in [2.05, 4.69) is 21.2 Å². The zero-order valence-corrected chi connectivity index (χ0v) is 15.3. The molecule has 3 aromatic rings. The number of ether oxygens (including phenoxy) is 1.